The third-order valence-corrected chi connectivity index (χ3v) is 4.45. The second-order valence-corrected chi connectivity index (χ2v) is 5.28. The summed E-state index contributed by atoms with van der Waals surface area (Å²) < 4.78 is 34.9. The van der Waals surface area contributed by atoms with E-state index in [-0.39, 0.29) is 6.10 Å². The van der Waals surface area contributed by atoms with Crippen LogP contribution in [0.15, 0.2) is 0 Å². The molecule has 0 aromatic rings. The largest absolute Gasteiger partial charge is 0.379 e. The maximum atomic E-state index is 11.7. The number of sulfonamides is 1. The number of rotatable bonds is 2. The maximum absolute atomic E-state index is 11.7. The Balaban J connectivity index is 2.05. The highest BCUT2D eigenvalue weighted by molar-refractivity contribution is 7.89. The van der Waals surface area contributed by atoms with Crippen molar-refractivity contribution in [1.82, 2.24) is 4.31 Å². The van der Waals surface area contributed by atoms with Gasteiger partial charge in [-0.05, 0) is 6.92 Å². The molecule has 5 nitrogen and oxygen atoms in total. The molecule has 2 aliphatic heterocycles. The topological polar surface area (TPSA) is 59.1 Å². The summed E-state index contributed by atoms with van der Waals surface area (Å²) in [5.74, 6) is 0. The summed E-state index contributed by atoms with van der Waals surface area (Å²) in [4.78, 5) is 0. The smallest absolute Gasteiger partial charge is 0.244 e. The summed E-state index contributed by atoms with van der Waals surface area (Å²) in [5, 5.41) is 0. The Labute approximate surface area is 77.7 Å². The molecule has 0 aliphatic carbocycles. The van der Waals surface area contributed by atoms with Crippen LogP contribution in [0.25, 0.3) is 0 Å². The fourth-order valence-electron chi connectivity index (χ4n) is 1.43. The van der Waals surface area contributed by atoms with Crippen molar-refractivity contribution < 1.29 is 17.9 Å². The van der Waals surface area contributed by atoms with Gasteiger partial charge in [0, 0.05) is 13.1 Å². The Bertz CT molecular complexity index is 283. The molecule has 76 valence electrons. The van der Waals surface area contributed by atoms with Crippen LogP contribution in [0.3, 0.4) is 0 Å². The van der Waals surface area contributed by atoms with Crippen LogP contribution in [0.4, 0.5) is 0 Å². The van der Waals surface area contributed by atoms with Crippen LogP contribution in [-0.4, -0.2) is 50.6 Å². The molecular formula is C7H13NO4S. The van der Waals surface area contributed by atoms with Crippen molar-refractivity contribution in [2.24, 2.45) is 0 Å². The normalized spacial score (nSPS) is 36.1. The van der Waals surface area contributed by atoms with Crippen molar-refractivity contribution >= 4 is 10.0 Å². The second kappa shape index (κ2) is 3.20. The quantitative estimate of drug-likeness (QED) is 0.567. The van der Waals surface area contributed by atoms with Gasteiger partial charge in [-0.1, -0.05) is 0 Å². The molecule has 2 atom stereocenters. The fraction of sp³-hybridized carbons (Fsp3) is 1.00. The number of morpholine rings is 1. The van der Waals surface area contributed by atoms with Gasteiger partial charge in [0.15, 0.2) is 5.44 Å². The molecule has 0 bridgehead atoms. The first kappa shape index (κ1) is 9.39. The standard InChI is InChI=1S/C7H13NO4S/c1-6-7(12-6)13(9,10)8-2-4-11-5-3-8/h6-7H,2-5H2,1H3/t6-,7+/m1/s1. The molecule has 0 aromatic heterocycles. The van der Waals surface area contributed by atoms with E-state index in [9.17, 15) is 8.42 Å². The summed E-state index contributed by atoms with van der Waals surface area (Å²) in [6, 6.07) is 0. The first-order chi connectivity index (χ1) is 6.12. The molecule has 2 rings (SSSR count). The van der Waals surface area contributed by atoms with E-state index in [0.29, 0.717) is 26.3 Å². The minimum atomic E-state index is -3.21. The molecule has 0 unspecified atom stereocenters. The number of ether oxygens (including phenoxy) is 2. The van der Waals surface area contributed by atoms with Gasteiger partial charge in [0.2, 0.25) is 10.0 Å². The zero-order valence-corrected chi connectivity index (χ0v) is 8.29. The van der Waals surface area contributed by atoms with Crippen molar-refractivity contribution in [3.05, 3.63) is 0 Å². The second-order valence-electron chi connectivity index (χ2n) is 3.27. The van der Waals surface area contributed by atoms with Gasteiger partial charge in [-0.15, -0.1) is 0 Å². The number of hydrogen-bond donors (Lipinski definition) is 0. The molecule has 2 aliphatic rings. The molecule has 6 heteroatoms. The van der Waals surface area contributed by atoms with Gasteiger partial charge in [-0.25, -0.2) is 8.42 Å². The molecule has 2 heterocycles. The van der Waals surface area contributed by atoms with E-state index in [1.54, 1.807) is 6.92 Å². The Hall–Kier alpha value is -0.170. The zero-order valence-electron chi connectivity index (χ0n) is 7.47. The number of nitrogens with zero attached hydrogens (tertiary/aromatic N) is 1. The Kier molecular flexibility index (Phi) is 2.31. The highest BCUT2D eigenvalue weighted by Crippen LogP contribution is 2.29. The van der Waals surface area contributed by atoms with Gasteiger partial charge < -0.3 is 9.47 Å². The predicted octanol–water partition coefficient (Wildman–Crippen LogP) is -0.607. The lowest BCUT2D eigenvalue weighted by molar-refractivity contribution is 0.0725. The van der Waals surface area contributed by atoms with E-state index in [2.05, 4.69) is 0 Å². The summed E-state index contributed by atoms with van der Waals surface area (Å²) >= 11 is 0. The minimum Gasteiger partial charge on any atom is -0.379 e. The Morgan fingerprint density at radius 2 is 1.85 bits per heavy atom. The van der Waals surface area contributed by atoms with Crippen molar-refractivity contribution in [2.45, 2.75) is 18.5 Å². The lowest BCUT2D eigenvalue weighted by Crippen LogP contribution is -2.42. The third-order valence-electron chi connectivity index (χ3n) is 2.28. The van der Waals surface area contributed by atoms with E-state index in [0.717, 1.165) is 0 Å². The predicted molar refractivity (Wildman–Crippen MR) is 45.6 cm³/mol. The first-order valence-electron chi connectivity index (χ1n) is 4.34. The molecule has 2 saturated heterocycles. The van der Waals surface area contributed by atoms with Crippen molar-refractivity contribution in [3.8, 4) is 0 Å². The van der Waals surface area contributed by atoms with Gasteiger partial charge >= 0.3 is 0 Å². The average Bonchev–Trinajstić information content (AvgIpc) is 2.85. The van der Waals surface area contributed by atoms with Gasteiger partial charge in [-0.3, -0.25) is 0 Å². The van der Waals surface area contributed by atoms with E-state index in [4.69, 9.17) is 9.47 Å². The van der Waals surface area contributed by atoms with Gasteiger partial charge in [0.05, 0.1) is 19.3 Å². The monoisotopic (exact) mass is 207 g/mol. The van der Waals surface area contributed by atoms with Crippen molar-refractivity contribution in [2.75, 3.05) is 26.3 Å². The van der Waals surface area contributed by atoms with Crippen LogP contribution in [0.2, 0.25) is 0 Å². The summed E-state index contributed by atoms with van der Waals surface area (Å²) in [6.07, 6.45) is -0.146. The fourth-order valence-corrected chi connectivity index (χ4v) is 3.18. The van der Waals surface area contributed by atoms with E-state index in [1.807, 2.05) is 0 Å². The lowest BCUT2D eigenvalue weighted by atomic mass is 10.5. The van der Waals surface area contributed by atoms with Crippen LogP contribution in [0.1, 0.15) is 6.92 Å². The lowest BCUT2D eigenvalue weighted by Gasteiger charge is -2.25. The zero-order chi connectivity index (χ0) is 9.47. The van der Waals surface area contributed by atoms with Gasteiger partial charge in [-0.2, -0.15) is 4.31 Å². The van der Waals surface area contributed by atoms with Crippen molar-refractivity contribution in [3.63, 3.8) is 0 Å². The Morgan fingerprint density at radius 3 is 2.31 bits per heavy atom. The molecule has 2 fully saturated rings. The molecule has 0 saturated carbocycles. The van der Waals surface area contributed by atoms with E-state index < -0.39 is 15.5 Å². The molecule has 0 radical (unpaired) electrons. The first-order valence-corrected chi connectivity index (χ1v) is 5.85. The number of hydrogen-bond acceptors (Lipinski definition) is 4. The van der Waals surface area contributed by atoms with Crippen LogP contribution >= 0.6 is 0 Å². The summed E-state index contributed by atoms with van der Waals surface area (Å²) in [7, 11) is -3.21. The van der Waals surface area contributed by atoms with E-state index >= 15 is 0 Å². The van der Waals surface area contributed by atoms with Crippen LogP contribution in [-0.2, 0) is 19.5 Å². The average molecular weight is 207 g/mol. The molecule has 0 spiro atoms. The van der Waals surface area contributed by atoms with Gasteiger partial charge in [0.1, 0.15) is 0 Å². The Morgan fingerprint density at radius 1 is 1.31 bits per heavy atom. The van der Waals surface area contributed by atoms with Crippen LogP contribution in [0.5, 0.6) is 0 Å². The summed E-state index contributed by atoms with van der Waals surface area (Å²) in [5.41, 5.74) is -0.606. The highest BCUT2D eigenvalue weighted by atomic mass is 32.2. The minimum absolute atomic E-state index is 0.146. The highest BCUT2D eigenvalue weighted by Gasteiger charge is 2.49. The van der Waals surface area contributed by atoms with Crippen LogP contribution in [0, 0.1) is 0 Å². The molecule has 0 N–H and O–H groups in total. The molecule has 13 heavy (non-hydrogen) atoms. The van der Waals surface area contributed by atoms with Crippen molar-refractivity contribution in [1.29, 1.82) is 0 Å². The molecule has 0 amide bonds. The van der Waals surface area contributed by atoms with Crippen LogP contribution < -0.4 is 0 Å². The SMILES string of the molecule is C[C@H]1O[C@H]1S(=O)(=O)N1CCOCC1. The third kappa shape index (κ3) is 1.71. The summed E-state index contributed by atoms with van der Waals surface area (Å²) in [6.45, 7) is 3.65. The maximum Gasteiger partial charge on any atom is 0.244 e. The number of epoxide rings is 1. The van der Waals surface area contributed by atoms with Gasteiger partial charge in [0.25, 0.3) is 0 Å². The molecular weight excluding hydrogens is 194 g/mol. The molecule has 0 aromatic carbocycles. The van der Waals surface area contributed by atoms with E-state index in [1.165, 1.54) is 4.31 Å².